The monoisotopic (exact) mass is 439 g/mol. The zero-order valence-electron chi connectivity index (χ0n) is 17.2. The minimum Gasteiger partial charge on any atom is -0.321 e. The first-order valence-corrected chi connectivity index (χ1v) is 11.7. The van der Waals surface area contributed by atoms with Crippen molar-refractivity contribution in [1.82, 2.24) is 14.6 Å². The van der Waals surface area contributed by atoms with Gasteiger partial charge in [0.2, 0.25) is 0 Å². The van der Waals surface area contributed by atoms with Crippen LogP contribution in [0.3, 0.4) is 0 Å². The molecule has 1 aliphatic carbocycles. The third kappa shape index (κ3) is 3.05. The first-order chi connectivity index (χ1) is 15.5. The van der Waals surface area contributed by atoms with Crippen molar-refractivity contribution in [3.63, 3.8) is 0 Å². The lowest BCUT2D eigenvalue weighted by molar-refractivity contribution is 0.685. The molecule has 1 unspecified atom stereocenters. The van der Waals surface area contributed by atoms with E-state index in [2.05, 4.69) is 29.4 Å². The summed E-state index contributed by atoms with van der Waals surface area (Å²) in [5.41, 5.74) is 12.1. The smallest absolute Gasteiger partial charge is 0.162 e. The van der Waals surface area contributed by atoms with E-state index in [0.29, 0.717) is 4.90 Å². The van der Waals surface area contributed by atoms with Gasteiger partial charge in [-0.25, -0.2) is 18.8 Å². The van der Waals surface area contributed by atoms with Crippen LogP contribution in [0.15, 0.2) is 84.1 Å². The van der Waals surface area contributed by atoms with Gasteiger partial charge in [-0.1, -0.05) is 54.6 Å². The molecule has 1 fully saturated rings. The molecular weight excluding hydrogens is 418 g/mol. The van der Waals surface area contributed by atoms with Crippen molar-refractivity contribution in [2.24, 2.45) is 10.9 Å². The summed E-state index contributed by atoms with van der Waals surface area (Å²) in [6.45, 7) is 0. The molecule has 1 atom stereocenters. The second-order valence-electron chi connectivity index (χ2n) is 8.36. The lowest BCUT2D eigenvalue weighted by Gasteiger charge is -2.10. The molecule has 0 spiro atoms. The van der Waals surface area contributed by atoms with E-state index >= 15 is 0 Å². The maximum Gasteiger partial charge on any atom is 0.162 e. The van der Waals surface area contributed by atoms with Crippen molar-refractivity contribution in [3.8, 4) is 22.3 Å². The Bertz CT molecular complexity index is 1520. The van der Waals surface area contributed by atoms with Crippen LogP contribution in [0.2, 0.25) is 0 Å². The van der Waals surface area contributed by atoms with Crippen LogP contribution in [0.1, 0.15) is 18.4 Å². The molecular formula is C25H21N5OS. The second kappa shape index (κ2) is 7.06. The van der Waals surface area contributed by atoms with E-state index in [1.165, 1.54) is 5.56 Å². The van der Waals surface area contributed by atoms with Crippen molar-refractivity contribution in [2.75, 3.05) is 0 Å². The minimum atomic E-state index is -1.56. The van der Waals surface area contributed by atoms with Gasteiger partial charge in [-0.15, -0.1) is 0 Å². The van der Waals surface area contributed by atoms with E-state index in [-0.39, 0.29) is 5.54 Å². The van der Waals surface area contributed by atoms with Gasteiger partial charge >= 0.3 is 0 Å². The number of hydrogen-bond acceptors (Lipinski definition) is 4. The highest BCUT2D eigenvalue weighted by molar-refractivity contribution is 7.83. The summed E-state index contributed by atoms with van der Waals surface area (Å²) in [4.78, 5) is 5.35. The average Bonchev–Trinajstić information content (AvgIpc) is 3.44. The van der Waals surface area contributed by atoms with Gasteiger partial charge in [0.15, 0.2) is 5.65 Å². The van der Waals surface area contributed by atoms with Gasteiger partial charge in [-0.05, 0) is 46.4 Å². The lowest BCUT2D eigenvalue weighted by atomic mass is 10.00. The fourth-order valence-corrected chi connectivity index (χ4v) is 4.91. The number of aromatic nitrogens is 3. The summed E-state index contributed by atoms with van der Waals surface area (Å²) in [6.07, 6.45) is 7.78. The Morgan fingerprint density at radius 3 is 2.34 bits per heavy atom. The summed E-state index contributed by atoms with van der Waals surface area (Å²) < 4.78 is 13.8. The van der Waals surface area contributed by atoms with Gasteiger partial charge < -0.3 is 5.73 Å². The van der Waals surface area contributed by atoms with E-state index in [9.17, 15) is 4.21 Å². The van der Waals surface area contributed by atoms with E-state index in [0.717, 1.165) is 51.5 Å². The maximum atomic E-state index is 12.0. The van der Waals surface area contributed by atoms with Crippen molar-refractivity contribution in [3.05, 3.63) is 84.8 Å². The number of nitrogens with two attached hydrogens (primary N) is 2. The van der Waals surface area contributed by atoms with Gasteiger partial charge in [0, 0.05) is 29.1 Å². The number of fused-ring (bicyclic) bond motifs is 2. The van der Waals surface area contributed by atoms with Crippen LogP contribution in [-0.4, -0.2) is 18.8 Å². The highest BCUT2D eigenvalue weighted by Gasteiger charge is 2.39. The molecule has 2 aromatic heterocycles. The molecule has 5 aromatic rings. The number of benzene rings is 3. The fraction of sp³-hybridized carbons (Fsp3) is 0.120. The molecule has 6 rings (SSSR count). The molecule has 0 amide bonds. The molecule has 6 nitrogen and oxygen atoms in total. The molecule has 0 aliphatic heterocycles. The molecule has 3 aromatic carbocycles. The van der Waals surface area contributed by atoms with Crippen molar-refractivity contribution < 1.29 is 4.21 Å². The number of rotatable bonds is 4. The third-order valence-corrected chi connectivity index (χ3v) is 7.12. The molecule has 2 heterocycles. The van der Waals surface area contributed by atoms with Crippen LogP contribution >= 0.6 is 0 Å². The van der Waals surface area contributed by atoms with Crippen LogP contribution in [0.5, 0.6) is 0 Å². The van der Waals surface area contributed by atoms with Gasteiger partial charge in [0.05, 0.1) is 11.1 Å². The molecule has 1 aliphatic rings. The zero-order chi connectivity index (χ0) is 21.9. The molecule has 4 N–H and O–H groups in total. The van der Waals surface area contributed by atoms with Crippen LogP contribution < -0.4 is 10.9 Å². The Morgan fingerprint density at radius 1 is 0.875 bits per heavy atom. The standard InChI is InChI=1S/C25H21N5OS/c26-25(11-12-25)18-7-5-16(6-8-18)17-13-28-24-22(14-29-30(24)15-17)20-9-10-23(32(27)31)21-4-2-1-3-19(20)21/h1-10,13-15H,11-12,26-27H2. The molecule has 158 valence electrons. The van der Waals surface area contributed by atoms with Gasteiger partial charge in [-0.2, -0.15) is 5.10 Å². The Balaban J connectivity index is 1.43. The van der Waals surface area contributed by atoms with Crippen LogP contribution in [-0.2, 0) is 16.5 Å². The Hall–Kier alpha value is -3.39. The van der Waals surface area contributed by atoms with E-state index in [4.69, 9.17) is 15.9 Å². The minimum absolute atomic E-state index is 0.132. The van der Waals surface area contributed by atoms with Crippen LogP contribution in [0.4, 0.5) is 0 Å². The third-order valence-electron chi connectivity index (χ3n) is 6.33. The highest BCUT2D eigenvalue weighted by Crippen LogP contribution is 2.43. The largest absolute Gasteiger partial charge is 0.321 e. The molecule has 0 radical (unpaired) electrons. The van der Waals surface area contributed by atoms with Crippen molar-refractivity contribution in [1.29, 1.82) is 0 Å². The quantitative estimate of drug-likeness (QED) is 0.439. The van der Waals surface area contributed by atoms with Crippen molar-refractivity contribution in [2.45, 2.75) is 23.3 Å². The van der Waals surface area contributed by atoms with Crippen molar-refractivity contribution >= 4 is 27.4 Å². The lowest BCUT2D eigenvalue weighted by Crippen LogP contribution is -2.18. The van der Waals surface area contributed by atoms with E-state index < -0.39 is 11.0 Å². The maximum absolute atomic E-state index is 12.0. The van der Waals surface area contributed by atoms with Crippen LogP contribution in [0, 0.1) is 0 Å². The molecule has 0 bridgehead atoms. The zero-order valence-corrected chi connectivity index (χ0v) is 18.0. The number of nitrogens with zero attached hydrogens (tertiary/aromatic N) is 3. The first kappa shape index (κ1) is 19.3. The predicted octanol–water partition coefficient (Wildman–Crippen LogP) is 4.15. The SMILES string of the molecule is NS(=O)c1ccc(-c2cnn3cc(-c4ccc(C5(N)CC5)cc4)cnc23)c2ccccc12. The summed E-state index contributed by atoms with van der Waals surface area (Å²) in [7, 11) is -1.56. The number of hydrogen-bond donors (Lipinski definition) is 2. The predicted molar refractivity (Wildman–Crippen MR) is 127 cm³/mol. The van der Waals surface area contributed by atoms with Gasteiger partial charge in [0.1, 0.15) is 11.0 Å². The molecule has 7 heteroatoms. The molecule has 32 heavy (non-hydrogen) atoms. The Kier molecular flexibility index (Phi) is 4.26. The Morgan fingerprint density at radius 2 is 1.62 bits per heavy atom. The Labute approximate surface area is 187 Å². The normalized spacial score (nSPS) is 15.8. The first-order valence-electron chi connectivity index (χ1n) is 10.4. The van der Waals surface area contributed by atoms with E-state index in [1.807, 2.05) is 55.0 Å². The van der Waals surface area contributed by atoms with E-state index in [1.54, 1.807) is 4.52 Å². The summed E-state index contributed by atoms with van der Waals surface area (Å²) in [5.74, 6) is 0. The fourth-order valence-electron chi connectivity index (χ4n) is 4.31. The van der Waals surface area contributed by atoms with Crippen LogP contribution in [0.25, 0.3) is 38.7 Å². The highest BCUT2D eigenvalue weighted by atomic mass is 32.2. The van der Waals surface area contributed by atoms with Gasteiger partial charge in [-0.3, -0.25) is 0 Å². The van der Waals surface area contributed by atoms with Gasteiger partial charge in [0.25, 0.3) is 0 Å². The summed E-state index contributed by atoms with van der Waals surface area (Å²) >= 11 is 0. The topological polar surface area (TPSA) is 99.3 Å². The average molecular weight is 440 g/mol. The summed E-state index contributed by atoms with van der Waals surface area (Å²) in [6, 6.07) is 20.0. The molecule has 1 saturated carbocycles. The second-order valence-corrected chi connectivity index (χ2v) is 9.39. The summed E-state index contributed by atoms with van der Waals surface area (Å²) in [5, 5.41) is 12.1. The molecule has 0 saturated heterocycles.